The summed E-state index contributed by atoms with van der Waals surface area (Å²) in [7, 11) is 2.61. The normalized spacial score (nSPS) is 35.2. The summed E-state index contributed by atoms with van der Waals surface area (Å²) in [6.45, 7) is 1.88. The smallest absolute Gasteiger partial charge is 0.324 e. The lowest BCUT2D eigenvalue weighted by Gasteiger charge is -2.34. The number of esters is 2. The van der Waals surface area contributed by atoms with Crippen LogP contribution in [0.1, 0.15) is 30.1 Å². The zero-order valence-electron chi connectivity index (χ0n) is 16.3. The van der Waals surface area contributed by atoms with Gasteiger partial charge >= 0.3 is 11.9 Å². The number of Topliss-reactive ketones (excluding diaryl/α,β-unsaturated/α-hetero) is 1. The molecule has 0 aliphatic heterocycles. The molecule has 0 aromatic heterocycles. The molecule has 4 aliphatic carbocycles. The molecule has 3 saturated carbocycles. The van der Waals surface area contributed by atoms with Gasteiger partial charge in [0, 0.05) is 22.8 Å². The molecule has 0 heterocycles. The molecule has 4 aliphatic rings. The number of hydrogen-bond donors (Lipinski definition) is 0. The minimum absolute atomic E-state index is 0.0239. The maximum Gasteiger partial charge on any atom is 0.324 e. The van der Waals surface area contributed by atoms with Gasteiger partial charge in [-0.15, -0.1) is 0 Å². The van der Waals surface area contributed by atoms with Gasteiger partial charge in [-0.05, 0) is 30.1 Å². The second-order valence-electron chi connectivity index (χ2n) is 8.78. The van der Waals surface area contributed by atoms with Crippen LogP contribution in [0.4, 0.5) is 0 Å². The summed E-state index contributed by atoms with van der Waals surface area (Å²) in [4.78, 5) is 39.6. The van der Waals surface area contributed by atoms with E-state index >= 15 is 0 Å². The lowest BCUT2D eigenvalue weighted by atomic mass is 9.67. The van der Waals surface area contributed by atoms with E-state index in [1.807, 2.05) is 25.1 Å². The van der Waals surface area contributed by atoms with Gasteiger partial charge in [0.15, 0.2) is 11.2 Å². The Bertz CT molecular complexity index is 896. The van der Waals surface area contributed by atoms with Crippen molar-refractivity contribution in [1.29, 1.82) is 0 Å². The minimum Gasteiger partial charge on any atom is -0.468 e. The van der Waals surface area contributed by atoms with Crippen LogP contribution in [0.5, 0.6) is 0 Å². The number of rotatable bonds is 5. The number of hydrogen-bond acceptors (Lipinski definition) is 5. The van der Waals surface area contributed by atoms with Crippen LogP contribution in [0.15, 0.2) is 42.5 Å². The highest BCUT2D eigenvalue weighted by Crippen LogP contribution is 2.93. The molecule has 3 fully saturated rings. The average molecular weight is 380 g/mol. The predicted molar refractivity (Wildman–Crippen MR) is 100 cm³/mol. The molecule has 0 saturated heterocycles. The van der Waals surface area contributed by atoms with Crippen molar-refractivity contribution in [2.75, 3.05) is 14.2 Å². The maximum absolute atomic E-state index is 13.5. The van der Waals surface area contributed by atoms with Crippen LogP contribution >= 0.6 is 0 Å². The van der Waals surface area contributed by atoms with Gasteiger partial charge in [0.1, 0.15) is 0 Å². The third-order valence-corrected chi connectivity index (χ3v) is 8.26. The highest BCUT2D eigenvalue weighted by Gasteiger charge is 2.98. The molecule has 0 amide bonds. The number of methoxy groups -OCH3 is 2. The van der Waals surface area contributed by atoms with Crippen LogP contribution in [0.25, 0.3) is 0 Å². The third kappa shape index (κ3) is 1.60. The highest BCUT2D eigenvalue weighted by molar-refractivity contribution is 6.09. The van der Waals surface area contributed by atoms with E-state index in [9.17, 15) is 14.4 Å². The van der Waals surface area contributed by atoms with Crippen molar-refractivity contribution in [3.63, 3.8) is 0 Å². The van der Waals surface area contributed by atoms with Crippen molar-refractivity contribution in [3.05, 3.63) is 48.0 Å². The van der Waals surface area contributed by atoms with E-state index in [1.54, 1.807) is 12.1 Å². The lowest BCUT2D eigenvalue weighted by Crippen LogP contribution is -2.44. The van der Waals surface area contributed by atoms with Crippen LogP contribution in [0.2, 0.25) is 0 Å². The number of ether oxygens (including phenoxy) is 2. The van der Waals surface area contributed by atoms with Gasteiger partial charge in [-0.1, -0.05) is 49.4 Å². The molecule has 2 bridgehead atoms. The van der Waals surface area contributed by atoms with Gasteiger partial charge in [-0.25, -0.2) is 0 Å². The van der Waals surface area contributed by atoms with Crippen LogP contribution in [0, 0.1) is 39.9 Å². The first-order valence-electron chi connectivity index (χ1n) is 9.89. The van der Waals surface area contributed by atoms with E-state index in [2.05, 4.69) is 12.2 Å². The molecule has 5 nitrogen and oxygen atoms in total. The quantitative estimate of drug-likeness (QED) is 0.340. The number of carbonyl (C=O) groups is 3. The first kappa shape index (κ1) is 17.7. The Kier molecular flexibility index (Phi) is 3.37. The fourth-order valence-corrected chi connectivity index (χ4v) is 7.21. The molecule has 5 heteroatoms. The van der Waals surface area contributed by atoms with Crippen molar-refractivity contribution in [3.8, 4) is 0 Å². The van der Waals surface area contributed by atoms with E-state index in [0.717, 1.165) is 12.8 Å². The second-order valence-corrected chi connectivity index (χ2v) is 8.78. The van der Waals surface area contributed by atoms with Crippen LogP contribution in [-0.4, -0.2) is 31.9 Å². The molecule has 146 valence electrons. The lowest BCUT2D eigenvalue weighted by molar-refractivity contribution is -0.166. The first-order chi connectivity index (χ1) is 13.4. The largest absolute Gasteiger partial charge is 0.468 e. The Labute approximate surface area is 164 Å². The zero-order chi connectivity index (χ0) is 19.9. The molecule has 5 rings (SSSR count). The average Bonchev–Trinajstić information content (AvgIpc) is 3.59. The molecule has 1 aromatic carbocycles. The Morgan fingerprint density at radius 2 is 1.61 bits per heavy atom. The van der Waals surface area contributed by atoms with Gasteiger partial charge < -0.3 is 9.47 Å². The number of allylic oxidation sites excluding steroid dienone is 2. The third-order valence-electron chi connectivity index (χ3n) is 8.26. The summed E-state index contributed by atoms with van der Waals surface area (Å²) in [6.07, 6.45) is 6.47. The fourth-order valence-electron chi connectivity index (χ4n) is 7.21. The highest BCUT2D eigenvalue weighted by atomic mass is 16.5. The standard InChI is InChI=1S/C23H24O5/c1-13(17(24)14-7-5-4-6-8-14)22-16-10-9-15(21(16)11-12-21)18(22)23(22,19(25)27-2)20(26)28-3/h4-10,13,15-16,18H,11-12H2,1-3H3. The molecule has 0 N–H and O–H groups in total. The van der Waals surface area contributed by atoms with Crippen molar-refractivity contribution in [2.45, 2.75) is 19.8 Å². The van der Waals surface area contributed by atoms with Crippen LogP contribution in [0.3, 0.4) is 0 Å². The Morgan fingerprint density at radius 3 is 2.14 bits per heavy atom. The second kappa shape index (κ2) is 5.34. The van der Waals surface area contributed by atoms with Gasteiger partial charge in [-0.2, -0.15) is 0 Å². The summed E-state index contributed by atoms with van der Waals surface area (Å²) >= 11 is 0. The molecule has 28 heavy (non-hydrogen) atoms. The SMILES string of the molecule is COC(=O)C1(C(=O)OC)C2C3C=CC(C34CC4)C21C(C)C(=O)c1ccccc1. The van der Waals surface area contributed by atoms with Gasteiger partial charge in [0.25, 0.3) is 0 Å². The van der Waals surface area contributed by atoms with Crippen molar-refractivity contribution >= 4 is 17.7 Å². The fraction of sp³-hybridized carbons (Fsp3) is 0.522. The summed E-state index contributed by atoms with van der Waals surface area (Å²) in [5, 5.41) is 0. The molecule has 1 spiro atoms. The number of fused-ring (bicyclic) bond motifs is 3. The topological polar surface area (TPSA) is 69.7 Å². The Balaban J connectivity index is 1.67. The predicted octanol–water partition coefficient (Wildman–Crippen LogP) is 3.05. The number of benzene rings is 1. The maximum atomic E-state index is 13.5. The molecule has 5 unspecified atom stereocenters. The Hall–Kier alpha value is -2.43. The monoisotopic (exact) mass is 380 g/mol. The molecule has 0 radical (unpaired) electrons. The van der Waals surface area contributed by atoms with E-state index in [0.29, 0.717) is 5.56 Å². The van der Waals surface area contributed by atoms with E-state index in [1.165, 1.54) is 14.2 Å². The Morgan fingerprint density at radius 1 is 1.00 bits per heavy atom. The first-order valence-corrected chi connectivity index (χ1v) is 9.89. The summed E-state index contributed by atoms with van der Waals surface area (Å²) in [5.41, 5.74) is -1.44. The minimum atomic E-state index is -1.40. The molecular weight excluding hydrogens is 356 g/mol. The van der Waals surface area contributed by atoms with Crippen LogP contribution < -0.4 is 0 Å². The number of ketones is 1. The van der Waals surface area contributed by atoms with Crippen molar-refractivity contribution in [2.24, 2.45) is 39.9 Å². The van der Waals surface area contributed by atoms with Gasteiger partial charge in [-0.3, -0.25) is 14.4 Å². The van der Waals surface area contributed by atoms with Gasteiger partial charge in [0.05, 0.1) is 14.2 Å². The van der Waals surface area contributed by atoms with E-state index in [-0.39, 0.29) is 29.0 Å². The van der Waals surface area contributed by atoms with E-state index in [4.69, 9.17) is 9.47 Å². The van der Waals surface area contributed by atoms with Gasteiger partial charge in [0.2, 0.25) is 0 Å². The molecule has 5 atom stereocenters. The zero-order valence-corrected chi connectivity index (χ0v) is 16.3. The van der Waals surface area contributed by atoms with E-state index < -0.39 is 28.7 Å². The molecular formula is C23H24O5. The molecule has 1 aromatic rings. The van der Waals surface area contributed by atoms with Crippen molar-refractivity contribution in [1.82, 2.24) is 0 Å². The summed E-state index contributed by atoms with van der Waals surface area (Å²) in [5.74, 6) is -1.73. The van der Waals surface area contributed by atoms with Crippen molar-refractivity contribution < 1.29 is 23.9 Å². The van der Waals surface area contributed by atoms with Crippen LogP contribution in [-0.2, 0) is 19.1 Å². The summed E-state index contributed by atoms with van der Waals surface area (Å²) < 4.78 is 10.3. The summed E-state index contributed by atoms with van der Waals surface area (Å²) in [6, 6.07) is 9.12. The number of carbonyl (C=O) groups excluding carboxylic acids is 3.